The summed E-state index contributed by atoms with van der Waals surface area (Å²) in [5, 5.41) is 0. The van der Waals surface area contributed by atoms with Crippen molar-refractivity contribution in [1.82, 2.24) is 8.96 Å². The quantitative estimate of drug-likeness (QED) is 0.751. The van der Waals surface area contributed by atoms with Gasteiger partial charge in [0.1, 0.15) is 5.82 Å². The Morgan fingerprint density at radius 1 is 1.04 bits per heavy atom. The summed E-state index contributed by atoms with van der Waals surface area (Å²) >= 11 is 0. The molecule has 1 heterocycles. The maximum atomic E-state index is 10.8. The van der Waals surface area contributed by atoms with Gasteiger partial charge in [0.2, 0.25) is 0 Å². The van der Waals surface area contributed by atoms with Crippen LogP contribution in [-0.4, -0.2) is 34.9 Å². The van der Waals surface area contributed by atoms with Crippen LogP contribution in [0.2, 0.25) is 0 Å². The first-order valence-corrected chi connectivity index (χ1v) is 10.4. The first-order valence-electron chi connectivity index (χ1n) is 7.52. The van der Waals surface area contributed by atoms with Crippen LogP contribution in [-0.2, 0) is 26.8 Å². The Morgan fingerprint density at radius 3 is 2.00 bits per heavy atom. The van der Waals surface area contributed by atoms with E-state index in [2.05, 4.69) is 4.98 Å². The number of rotatable bonds is 5. The zero-order valence-corrected chi connectivity index (χ0v) is 15.9. The highest BCUT2D eigenvalue weighted by atomic mass is 32.2. The fraction of sp³-hybridized carbons (Fsp3) is 0.400. The van der Waals surface area contributed by atoms with Crippen molar-refractivity contribution in [2.75, 3.05) is 0 Å². The van der Waals surface area contributed by atoms with E-state index in [1.165, 1.54) is 18.3 Å². The minimum atomic E-state index is -4.18. The zero-order chi connectivity index (χ0) is 19.3. The molecule has 8 nitrogen and oxygen atoms in total. The maximum absolute atomic E-state index is 10.8. The Bertz CT molecular complexity index is 900. The predicted molar refractivity (Wildman–Crippen MR) is 93.5 cm³/mol. The molecule has 0 amide bonds. The third kappa shape index (κ3) is 6.94. The molecule has 0 atom stereocenters. The number of nitrogens with zero attached hydrogens (tertiary/aromatic N) is 2. The molecule has 25 heavy (non-hydrogen) atoms. The van der Waals surface area contributed by atoms with Gasteiger partial charge < -0.3 is 0 Å². The third-order valence-electron chi connectivity index (χ3n) is 3.24. The van der Waals surface area contributed by atoms with Crippen LogP contribution in [0.3, 0.4) is 0 Å². The van der Waals surface area contributed by atoms with E-state index in [1.54, 1.807) is 19.1 Å². The summed E-state index contributed by atoms with van der Waals surface area (Å²) < 4.78 is 60.8. The van der Waals surface area contributed by atoms with Crippen molar-refractivity contribution < 1.29 is 25.9 Å². The highest BCUT2D eigenvalue weighted by Crippen LogP contribution is 2.09. The van der Waals surface area contributed by atoms with E-state index in [0.717, 1.165) is 28.8 Å². The molecule has 140 valence electrons. The number of unbranched alkanes of at least 4 members (excludes halogenated alkanes) is 1. The third-order valence-corrected chi connectivity index (χ3v) is 4.98. The normalized spacial score (nSPS) is 11.7. The van der Waals surface area contributed by atoms with Gasteiger partial charge in [-0.2, -0.15) is 16.8 Å². The van der Waals surface area contributed by atoms with Gasteiger partial charge in [-0.05, 0) is 38.8 Å². The van der Waals surface area contributed by atoms with Crippen molar-refractivity contribution in [3.8, 4) is 0 Å². The molecule has 0 aliphatic rings. The second kappa shape index (κ2) is 8.56. The number of aryl methyl sites for hydroxylation is 3. The van der Waals surface area contributed by atoms with Crippen LogP contribution >= 0.6 is 0 Å². The summed E-state index contributed by atoms with van der Waals surface area (Å²) in [5.41, 5.74) is 1.65. The molecule has 0 unspecified atom stereocenters. The average molecular weight is 390 g/mol. The molecule has 1 aromatic carbocycles. The second-order valence-electron chi connectivity index (χ2n) is 5.44. The maximum Gasteiger partial charge on any atom is 0.364 e. The molecule has 0 aliphatic heterocycles. The standard InChI is InChI=1S/C8H14N2O3S.C7H8O3S/c1-3-4-5-8-6-10(7(2)9-8)14(11,12)13;1-6-2-4-7(5-3-6)11(8,9)10/h6H,3-5H2,1-2H3,(H,11,12,13);2-5H,1H3,(H,8,9,10). The Kier molecular flexibility index (Phi) is 7.29. The number of aromatic nitrogens is 2. The second-order valence-corrected chi connectivity index (χ2v) is 8.16. The molecule has 0 saturated carbocycles. The number of hydrogen-bond acceptors (Lipinski definition) is 5. The van der Waals surface area contributed by atoms with Gasteiger partial charge in [0, 0.05) is 6.20 Å². The summed E-state index contributed by atoms with van der Waals surface area (Å²) in [4.78, 5) is 3.97. The van der Waals surface area contributed by atoms with Gasteiger partial charge in [0.05, 0.1) is 10.6 Å². The molecule has 2 N–H and O–H groups in total. The van der Waals surface area contributed by atoms with E-state index in [9.17, 15) is 16.8 Å². The average Bonchev–Trinajstić information content (AvgIpc) is 2.86. The van der Waals surface area contributed by atoms with Gasteiger partial charge in [-0.1, -0.05) is 31.0 Å². The van der Waals surface area contributed by atoms with Crippen LogP contribution < -0.4 is 0 Å². The van der Waals surface area contributed by atoms with Crippen molar-refractivity contribution in [1.29, 1.82) is 0 Å². The molecule has 0 radical (unpaired) electrons. The Morgan fingerprint density at radius 2 is 1.60 bits per heavy atom. The molecular weight excluding hydrogens is 368 g/mol. The fourth-order valence-electron chi connectivity index (χ4n) is 1.94. The Hall–Kier alpha value is -1.75. The SMILES string of the molecule is CCCCc1cn(S(=O)(=O)O)c(C)n1.Cc1ccc(S(=O)(=O)O)cc1. The van der Waals surface area contributed by atoms with Crippen molar-refractivity contribution >= 4 is 20.4 Å². The first-order chi connectivity index (χ1) is 11.4. The molecule has 2 aromatic rings. The summed E-state index contributed by atoms with van der Waals surface area (Å²) in [6, 6.07) is 5.99. The number of imidazole rings is 1. The van der Waals surface area contributed by atoms with E-state index in [0.29, 0.717) is 11.5 Å². The lowest BCUT2D eigenvalue weighted by molar-refractivity contribution is 0.470. The highest BCUT2D eigenvalue weighted by Gasteiger charge is 2.13. The molecule has 10 heteroatoms. The van der Waals surface area contributed by atoms with Crippen LogP contribution in [0.4, 0.5) is 0 Å². The van der Waals surface area contributed by atoms with Crippen molar-refractivity contribution in [2.24, 2.45) is 0 Å². The summed E-state index contributed by atoms with van der Waals surface area (Å²) in [6.07, 6.45) is 4.08. The predicted octanol–water partition coefficient (Wildman–Crippen LogP) is 2.43. The van der Waals surface area contributed by atoms with Gasteiger partial charge in [-0.25, -0.2) is 8.96 Å². The van der Waals surface area contributed by atoms with Crippen molar-refractivity contribution in [3.63, 3.8) is 0 Å². The minimum absolute atomic E-state index is 0.0666. The van der Waals surface area contributed by atoms with Gasteiger partial charge in [-0.15, -0.1) is 0 Å². The van der Waals surface area contributed by atoms with Crippen LogP contribution in [0, 0.1) is 13.8 Å². The molecule has 0 saturated heterocycles. The summed E-state index contributed by atoms with van der Waals surface area (Å²) in [7, 11) is -8.20. The van der Waals surface area contributed by atoms with E-state index >= 15 is 0 Å². The summed E-state index contributed by atoms with van der Waals surface area (Å²) in [5.74, 6) is 0.290. The first kappa shape index (κ1) is 21.3. The topological polar surface area (TPSA) is 127 Å². The van der Waals surface area contributed by atoms with Gasteiger partial charge in [0.15, 0.2) is 0 Å². The highest BCUT2D eigenvalue weighted by molar-refractivity contribution is 7.85. The molecule has 0 spiro atoms. The van der Waals surface area contributed by atoms with E-state index in [-0.39, 0.29) is 4.90 Å². The number of benzene rings is 1. The van der Waals surface area contributed by atoms with Crippen LogP contribution in [0.5, 0.6) is 0 Å². The molecule has 1 aromatic heterocycles. The lowest BCUT2D eigenvalue weighted by atomic mass is 10.2. The van der Waals surface area contributed by atoms with Gasteiger partial charge in [0.25, 0.3) is 10.1 Å². The van der Waals surface area contributed by atoms with Gasteiger partial charge in [-0.3, -0.25) is 9.11 Å². The fourth-order valence-corrected chi connectivity index (χ4v) is 3.05. The van der Waals surface area contributed by atoms with Crippen LogP contribution in [0.25, 0.3) is 0 Å². The monoisotopic (exact) mass is 390 g/mol. The lowest BCUT2D eigenvalue weighted by Crippen LogP contribution is -2.11. The lowest BCUT2D eigenvalue weighted by Gasteiger charge is -1.96. The molecule has 0 bridgehead atoms. The van der Waals surface area contributed by atoms with Crippen molar-refractivity contribution in [3.05, 3.63) is 47.5 Å². The van der Waals surface area contributed by atoms with E-state index in [1.807, 2.05) is 13.8 Å². The van der Waals surface area contributed by atoms with Crippen LogP contribution in [0.1, 0.15) is 36.8 Å². The zero-order valence-electron chi connectivity index (χ0n) is 14.2. The Labute approximate surface area is 148 Å². The molecule has 2 rings (SSSR count). The van der Waals surface area contributed by atoms with Crippen LogP contribution in [0.15, 0.2) is 35.4 Å². The summed E-state index contributed by atoms with van der Waals surface area (Å²) in [6.45, 7) is 5.43. The van der Waals surface area contributed by atoms with Crippen molar-refractivity contribution in [2.45, 2.75) is 44.9 Å². The molecule has 0 fully saturated rings. The minimum Gasteiger partial charge on any atom is -0.282 e. The Balaban J connectivity index is 0.000000257. The largest absolute Gasteiger partial charge is 0.364 e. The van der Waals surface area contributed by atoms with Gasteiger partial charge >= 0.3 is 10.3 Å². The smallest absolute Gasteiger partial charge is 0.282 e. The molecule has 0 aliphatic carbocycles. The van der Waals surface area contributed by atoms with E-state index < -0.39 is 20.4 Å². The number of hydrogen-bond donors (Lipinski definition) is 2. The van der Waals surface area contributed by atoms with E-state index in [4.69, 9.17) is 9.11 Å². The molecular formula is C15H22N2O6S2.